The Morgan fingerprint density at radius 2 is 2.19 bits per heavy atom. The van der Waals surface area contributed by atoms with Crippen molar-refractivity contribution in [2.75, 3.05) is 26.7 Å². The van der Waals surface area contributed by atoms with Crippen molar-refractivity contribution in [3.63, 3.8) is 0 Å². The van der Waals surface area contributed by atoms with Crippen molar-refractivity contribution < 1.29 is 9.53 Å². The van der Waals surface area contributed by atoms with Crippen LogP contribution in [0.4, 0.5) is 0 Å². The number of carbonyl (C=O) groups excluding carboxylic acids is 1. The molecule has 0 aromatic rings. The first-order valence-electron chi connectivity index (χ1n) is 6.38. The van der Waals surface area contributed by atoms with Crippen LogP contribution in [-0.4, -0.2) is 43.5 Å². The van der Waals surface area contributed by atoms with Crippen molar-refractivity contribution in [3.8, 4) is 0 Å². The molecule has 3 heteroatoms. The van der Waals surface area contributed by atoms with Gasteiger partial charge in [0.25, 0.3) is 0 Å². The van der Waals surface area contributed by atoms with Gasteiger partial charge in [-0.3, -0.25) is 0 Å². The van der Waals surface area contributed by atoms with Gasteiger partial charge in [-0.2, -0.15) is 0 Å². The average molecular weight is 227 g/mol. The van der Waals surface area contributed by atoms with Gasteiger partial charge in [0.05, 0.1) is 6.10 Å². The number of hydrogen-bond acceptors (Lipinski definition) is 3. The van der Waals surface area contributed by atoms with Gasteiger partial charge in [-0.25, -0.2) is 0 Å². The topological polar surface area (TPSA) is 29.5 Å². The summed E-state index contributed by atoms with van der Waals surface area (Å²) in [6.07, 6.45) is 4.51. The van der Waals surface area contributed by atoms with E-state index in [0.717, 1.165) is 32.4 Å². The van der Waals surface area contributed by atoms with Crippen LogP contribution in [0.15, 0.2) is 0 Å². The lowest BCUT2D eigenvalue weighted by Gasteiger charge is -2.36. The Morgan fingerprint density at radius 3 is 2.81 bits per heavy atom. The van der Waals surface area contributed by atoms with Gasteiger partial charge >= 0.3 is 0 Å². The molecule has 0 N–H and O–H groups in total. The third-order valence-corrected chi connectivity index (χ3v) is 3.53. The summed E-state index contributed by atoms with van der Waals surface area (Å²) in [6, 6.07) is 0. The summed E-state index contributed by atoms with van der Waals surface area (Å²) < 4.78 is 5.48. The van der Waals surface area contributed by atoms with Crippen LogP contribution in [-0.2, 0) is 9.53 Å². The maximum Gasteiger partial charge on any atom is 0.129 e. The van der Waals surface area contributed by atoms with Gasteiger partial charge in [0.1, 0.15) is 5.78 Å². The molecule has 94 valence electrons. The summed E-state index contributed by atoms with van der Waals surface area (Å²) >= 11 is 0. The zero-order valence-electron chi connectivity index (χ0n) is 10.9. The number of methoxy groups -OCH3 is 1. The summed E-state index contributed by atoms with van der Waals surface area (Å²) in [6.45, 7) is 7.28. The number of ketones is 1. The Balaban J connectivity index is 2.15. The molecule has 0 bridgehead atoms. The minimum atomic E-state index is 0.307. The molecule has 1 aliphatic rings. The molecule has 1 fully saturated rings. The molecule has 2 unspecified atom stereocenters. The minimum Gasteiger partial charge on any atom is -0.380 e. The van der Waals surface area contributed by atoms with Gasteiger partial charge in [-0.05, 0) is 45.2 Å². The zero-order valence-corrected chi connectivity index (χ0v) is 10.9. The normalized spacial score (nSPS) is 26.9. The fourth-order valence-corrected chi connectivity index (χ4v) is 2.32. The van der Waals surface area contributed by atoms with Crippen LogP contribution < -0.4 is 0 Å². The summed E-state index contributed by atoms with van der Waals surface area (Å²) in [5.41, 5.74) is 0. The lowest BCUT2D eigenvalue weighted by molar-refractivity contribution is -0.117. The molecule has 0 aromatic carbocycles. The highest BCUT2D eigenvalue weighted by molar-refractivity contribution is 5.75. The maximum atomic E-state index is 10.8. The molecule has 1 heterocycles. The van der Waals surface area contributed by atoms with E-state index in [9.17, 15) is 4.79 Å². The van der Waals surface area contributed by atoms with E-state index in [2.05, 4.69) is 11.8 Å². The number of likely N-dealkylation sites (tertiary alicyclic amines) is 1. The standard InChI is InChI=1S/C13H25NO2/c1-11-7-9-14(10-13(11)16-3)8-5-4-6-12(2)15/h11,13H,4-10H2,1-3H3. The molecule has 1 saturated heterocycles. The zero-order chi connectivity index (χ0) is 12.0. The van der Waals surface area contributed by atoms with E-state index in [0.29, 0.717) is 17.8 Å². The Bertz CT molecular complexity index is 218. The second-order valence-electron chi connectivity index (χ2n) is 5.00. The van der Waals surface area contributed by atoms with Gasteiger partial charge in [0.2, 0.25) is 0 Å². The molecule has 16 heavy (non-hydrogen) atoms. The lowest BCUT2D eigenvalue weighted by Crippen LogP contribution is -2.44. The van der Waals surface area contributed by atoms with Crippen LogP contribution in [0.25, 0.3) is 0 Å². The first-order chi connectivity index (χ1) is 7.63. The van der Waals surface area contributed by atoms with Crippen LogP contribution in [0.1, 0.15) is 39.5 Å². The Morgan fingerprint density at radius 1 is 1.44 bits per heavy atom. The smallest absolute Gasteiger partial charge is 0.129 e. The Kier molecular flexibility index (Phi) is 5.99. The molecule has 1 aliphatic heterocycles. The number of piperidine rings is 1. The summed E-state index contributed by atoms with van der Waals surface area (Å²) in [5, 5.41) is 0. The van der Waals surface area contributed by atoms with E-state index in [1.54, 1.807) is 14.0 Å². The average Bonchev–Trinajstić information content (AvgIpc) is 2.26. The van der Waals surface area contributed by atoms with Gasteiger partial charge < -0.3 is 14.4 Å². The quantitative estimate of drug-likeness (QED) is 0.651. The number of hydrogen-bond donors (Lipinski definition) is 0. The third-order valence-electron chi connectivity index (χ3n) is 3.53. The van der Waals surface area contributed by atoms with E-state index in [1.807, 2.05) is 0 Å². The second kappa shape index (κ2) is 7.02. The van der Waals surface area contributed by atoms with Crippen LogP contribution in [0, 0.1) is 5.92 Å². The third kappa shape index (κ3) is 4.62. The van der Waals surface area contributed by atoms with Crippen molar-refractivity contribution in [2.24, 2.45) is 5.92 Å². The summed E-state index contributed by atoms with van der Waals surface area (Å²) in [4.78, 5) is 13.3. The van der Waals surface area contributed by atoms with Crippen molar-refractivity contribution in [3.05, 3.63) is 0 Å². The fourth-order valence-electron chi connectivity index (χ4n) is 2.32. The van der Waals surface area contributed by atoms with E-state index in [-0.39, 0.29) is 0 Å². The predicted octanol–water partition coefficient (Wildman–Crippen LogP) is 2.10. The van der Waals surface area contributed by atoms with Crippen LogP contribution >= 0.6 is 0 Å². The van der Waals surface area contributed by atoms with Crippen LogP contribution in [0.3, 0.4) is 0 Å². The van der Waals surface area contributed by atoms with Crippen molar-refractivity contribution in [2.45, 2.75) is 45.6 Å². The largest absolute Gasteiger partial charge is 0.380 e. The predicted molar refractivity (Wildman–Crippen MR) is 65.6 cm³/mol. The SMILES string of the molecule is COC1CN(CCCCC(C)=O)CCC1C. The number of unbranched alkanes of at least 4 members (excludes halogenated alkanes) is 1. The van der Waals surface area contributed by atoms with Gasteiger partial charge in [0, 0.05) is 20.1 Å². The Labute approximate surface area is 99.1 Å². The molecular weight excluding hydrogens is 202 g/mol. The monoisotopic (exact) mass is 227 g/mol. The number of nitrogens with zero attached hydrogens (tertiary/aromatic N) is 1. The molecule has 0 aromatic heterocycles. The molecular formula is C13H25NO2. The molecule has 0 aliphatic carbocycles. The molecule has 2 atom stereocenters. The number of ether oxygens (including phenoxy) is 1. The summed E-state index contributed by atoms with van der Waals surface area (Å²) in [7, 11) is 1.81. The van der Waals surface area contributed by atoms with Gasteiger partial charge in [0.15, 0.2) is 0 Å². The van der Waals surface area contributed by atoms with Crippen LogP contribution in [0.5, 0.6) is 0 Å². The van der Waals surface area contributed by atoms with Crippen molar-refractivity contribution >= 4 is 5.78 Å². The highest BCUT2D eigenvalue weighted by Gasteiger charge is 2.25. The minimum absolute atomic E-state index is 0.307. The molecule has 0 saturated carbocycles. The van der Waals surface area contributed by atoms with Gasteiger partial charge in [-0.15, -0.1) is 0 Å². The second-order valence-corrected chi connectivity index (χ2v) is 5.00. The van der Waals surface area contributed by atoms with Gasteiger partial charge in [-0.1, -0.05) is 6.92 Å². The molecule has 1 rings (SSSR count). The highest BCUT2D eigenvalue weighted by atomic mass is 16.5. The molecule has 0 spiro atoms. The van der Waals surface area contributed by atoms with Crippen molar-refractivity contribution in [1.82, 2.24) is 4.90 Å². The Hall–Kier alpha value is -0.410. The highest BCUT2D eigenvalue weighted by Crippen LogP contribution is 2.19. The maximum absolute atomic E-state index is 10.8. The van der Waals surface area contributed by atoms with Crippen LogP contribution in [0.2, 0.25) is 0 Å². The fraction of sp³-hybridized carbons (Fsp3) is 0.923. The van der Waals surface area contributed by atoms with Crippen molar-refractivity contribution in [1.29, 1.82) is 0 Å². The van der Waals surface area contributed by atoms with E-state index >= 15 is 0 Å². The van der Waals surface area contributed by atoms with E-state index in [1.165, 1.54) is 13.0 Å². The number of rotatable bonds is 6. The molecule has 0 radical (unpaired) electrons. The first-order valence-corrected chi connectivity index (χ1v) is 6.38. The molecule has 3 nitrogen and oxygen atoms in total. The lowest BCUT2D eigenvalue weighted by atomic mass is 9.95. The van der Waals surface area contributed by atoms with E-state index < -0.39 is 0 Å². The van der Waals surface area contributed by atoms with E-state index in [4.69, 9.17) is 4.74 Å². The summed E-state index contributed by atoms with van der Waals surface area (Å²) in [5.74, 6) is 0.987. The first kappa shape index (κ1) is 13.7. The number of carbonyl (C=O) groups is 1. The number of Topliss-reactive ketones (excluding diaryl/α,β-unsaturated/α-hetero) is 1. The molecule has 0 amide bonds.